The van der Waals surface area contributed by atoms with Crippen LogP contribution in [0.2, 0.25) is 0 Å². The molecule has 0 unspecified atom stereocenters. The summed E-state index contributed by atoms with van der Waals surface area (Å²) in [6, 6.07) is 5.92. The van der Waals surface area contributed by atoms with Gasteiger partial charge in [0.05, 0.1) is 11.4 Å². The zero-order valence-electron chi connectivity index (χ0n) is 10.6. The smallest absolute Gasteiger partial charge is 0.271 e. The number of aryl methyl sites for hydroxylation is 1. The van der Waals surface area contributed by atoms with E-state index in [1.165, 1.54) is 12.1 Å². The number of benzene rings is 1. The Labute approximate surface area is 109 Å². The predicted octanol–water partition coefficient (Wildman–Crippen LogP) is 1.73. The third-order valence-corrected chi connectivity index (χ3v) is 2.76. The molecule has 0 spiro atoms. The zero-order chi connectivity index (χ0) is 14.0. The first-order valence-electron chi connectivity index (χ1n) is 5.65. The van der Waals surface area contributed by atoms with Gasteiger partial charge in [0.15, 0.2) is 5.69 Å². The molecule has 5 nitrogen and oxygen atoms in total. The fourth-order valence-corrected chi connectivity index (χ4v) is 1.91. The maximum atomic E-state index is 13.0. The molecule has 1 aromatic heterocycles. The van der Waals surface area contributed by atoms with Gasteiger partial charge in [-0.1, -0.05) is 12.1 Å². The number of anilines is 1. The van der Waals surface area contributed by atoms with Gasteiger partial charge < -0.3 is 11.1 Å². The molecular formula is C13H13FN4O. The average molecular weight is 260 g/mol. The van der Waals surface area contributed by atoms with Crippen molar-refractivity contribution in [2.24, 2.45) is 5.73 Å². The third kappa shape index (κ3) is 2.37. The molecule has 1 aromatic carbocycles. The van der Waals surface area contributed by atoms with Gasteiger partial charge in [-0.15, -0.1) is 5.10 Å². The second-order valence-electron chi connectivity index (χ2n) is 4.01. The molecule has 0 aliphatic heterocycles. The number of amides is 1. The number of halogens is 1. The Kier molecular flexibility index (Phi) is 3.41. The molecule has 0 radical (unpaired) electrons. The number of nitrogens with two attached hydrogens (primary N) is 1. The highest BCUT2D eigenvalue weighted by atomic mass is 19.1. The van der Waals surface area contributed by atoms with Gasteiger partial charge in [0, 0.05) is 12.6 Å². The molecule has 2 rings (SSSR count). The quantitative estimate of drug-likeness (QED) is 0.880. The molecular weight excluding hydrogens is 247 g/mol. The van der Waals surface area contributed by atoms with Crippen LogP contribution in [0.15, 0.2) is 24.3 Å². The summed E-state index contributed by atoms with van der Waals surface area (Å²) in [4.78, 5) is 11.3. The number of carbonyl (C=O) groups is 1. The molecule has 6 heteroatoms. The summed E-state index contributed by atoms with van der Waals surface area (Å²) in [6.45, 7) is 1.76. The van der Waals surface area contributed by atoms with Crippen LogP contribution in [0.25, 0.3) is 11.1 Å². The summed E-state index contributed by atoms with van der Waals surface area (Å²) in [5, 5.41) is 10.6. The van der Waals surface area contributed by atoms with Gasteiger partial charge in [0.25, 0.3) is 5.91 Å². The molecule has 2 aromatic rings. The molecule has 0 aliphatic carbocycles. The summed E-state index contributed by atoms with van der Waals surface area (Å²) >= 11 is 0. The van der Waals surface area contributed by atoms with Crippen molar-refractivity contribution in [1.29, 1.82) is 0 Å². The Morgan fingerprint density at radius 2 is 1.89 bits per heavy atom. The first-order chi connectivity index (χ1) is 9.04. The summed E-state index contributed by atoms with van der Waals surface area (Å²) < 4.78 is 13.0. The van der Waals surface area contributed by atoms with Gasteiger partial charge in [-0.25, -0.2) is 4.39 Å². The maximum absolute atomic E-state index is 13.0. The van der Waals surface area contributed by atoms with E-state index < -0.39 is 5.91 Å². The summed E-state index contributed by atoms with van der Waals surface area (Å²) in [5.41, 5.74) is 7.87. The van der Waals surface area contributed by atoms with Crippen LogP contribution in [0.4, 0.5) is 10.1 Å². The lowest BCUT2D eigenvalue weighted by Gasteiger charge is -2.13. The maximum Gasteiger partial charge on any atom is 0.271 e. The molecule has 0 fully saturated rings. The fourth-order valence-electron chi connectivity index (χ4n) is 1.91. The summed E-state index contributed by atoms with van der Waals surface area (Å²) in [6.07, 6.45) is 0. The van der Waals surface area contributed by atoms with Gasteiger partial charge in [-0.05, 0) is 24.6 Å². The van der Waals surface area contributed by atoms with E-state index >= 15 is 0 Å². The van der Waals surface area contributed by atoms with Crippen molar-refractivity contribution in [2.45, 2.75) is 6.92 Å². The number of rotatable bonds is 3. The van der Waals surface area contributed by atoms with E-state index in [0.717, 1.165) is 5.56 Å². The van der Waals surface area contributed by atoms with Crippen LogP contribution >= 0.6 is 0 Å². The lowest BCUT2D eigenvalue weighted by atomic mass is 10.0. The van der Waals surface area contributed by atoms with E-state index in [0.29, 0.717) is 16.9 Å². The van der Waals surface area contributed by atoms with Crippen LogP contribution in [-0.4, -0.2) is 23.2 Å². The van der Waals surface area contributed by atoms with Crippen LogP contribution in [0, 0.1) is 12.7 Å². The molecule has 1 amide bonds. The minimum absolute atomic E-state index is 0.0624. The number of nitrogens with one attached hydrogen (secondary N) is 1. The van der Waals surface area contributed by atoms with E-state index in [9.17, 15) is 9.18 Å². The Morgan fingerprint density at radius 3 is 2.42 bits per heavy atom. The van der Waals surface area contributed by atoms with Gasteiger partial charge in [0.2, 0.25) is 0 Å². The van der Waals surface area contributed by atoms with Crippen molar-refractivity contribution in [3.63, 3.8) is 0 Å². The Morgan fingerprint density at radius 1 is 1.26 bits per heavy atom. The number of carbonyl (C=O) groups excluding carboxylic acids is 1. The molecule has 0 bridgehead atoms. The summed E-state index contributed by atoms with van der Waals surface area (Å²) in [7, 11) is 1.66. The molecule has 0 saturated heterocycles. The molecule has 98 valence electrons. The van der Waals surface area contributed by atoms with Crippen molar-refractivity contribution in [2.75, 3.05) is 12.4 Å². The lowest BCUT2D eigenvalue weighted by Crippen LogP contribution is -2.17. The number of nitrogens with zero attached hydrogens (tertiary/aromatic N) is 2. The normalized spacial score (nSPS) is 10.3. The van der Waals surface area contributed by atoms with Crippen molar-refractivity contribution < 1.29 is 9.18 Å². The predicted molar refractivity (Wildman–Crippen MR) is 70.2 cm³/mol. The lowest BCUT2D eigenvalue weighted by molar-refractivity contribution is 0.0995. The van der Waals surface area contributed by atoms with Crippen molar-refractivity contribution in [3.8, 4) is 11.1 Å². The zero-order valence-corrected chi connectivity index (χ0v) is 10.6. The first-order valence-corrected chi connectivity index (χ1v) is 5.65. The van der Waals surface area contributed by atoms with Gasteiger partial charge >= 0.3 is 0 Å². The standard InChI is InChI=1S/C13H13FN4O/c1-7-10(8-3-5-9(14)6-4-8)11(16-2)12(13(15)19)18-17-7/h3-6H,1-2H3,(H2,15,19)(H,16,17). The Balaban J connectivity index is 2.70. The fraction of sp³-hybridized carbons (Fsp3) is 0.154. The van der Waals surface area contributed by atoms with E-state index in [1.807, 2.05) is 0 Å². The Bertz CT molecular complexity index is 625. The van der Waals surface area contributed by atoms with E-state index in [4.69, 9.17) is 5.73 Å². The van der Waals surface area contributed by atoms with Gasteiger partial charge in [-0.3, -0.25) is 4.79 Å². The Hall–Kier alpha value is -2.50. The minimum atomic E-state index is -0.666. The van der Waals surface area contributed by atoms with Crippen LogP contribution in [0.3, 0.4) is 0 Å². The van der Waals surface area contributed by atoms with Gasteiger partial charge in [-0.2, -0.15) is 5.10 Å². The SMILES string of the molecule is CNc1c(C(N)=O)nnc(C)c1-c1ccc(F)cc1. The van der Waals surface area contributed by atoms with Crippen LogP contribution in [0.5, 0.6) is 0 Å². The number of primary amides is 1. The molecule has 1 heterocycles. The molecule has 0 saturated carbocycles. The van der Waals surface area contributed by atoms with Crippen molar-refractivity contribution in [3.05, 3.63) is 41.5 Å². The molecule has 0 aliphatic rings. The topological polar surface area (TPSA) is 80.9 Å². The minimum Gasteiger partial charge on any atom is -0.386 e. The van der Waals surface area contributed by atoms with Crippen molar-refractivity contribution in [1.82, 2.24) is 10.2 Å². The number of hydrogen-bond donors (Lipinski definition) is 2. The van der Waals surface area contributed by atoms with E-state index in [-0.39, 0.29) is 11.5 Å². The molecule has 19 heavy (non-hydrogen) atoms. The second-order valence-corrected chi connectivity index (χ2v) is 4.01. The highest BCUT2D eigenvalue weighted by Crippen LogP contribution is 2.31. The number of aromatic nitrogens is 2. The second kappa shape index (κ2) is 5.01. The highest BCUT2D eigenvalue weighted by Gasteiger charge is 2.18. The molecule has 0 atom stereocenters. The highest BCUT2D eigenvalue weighted by molar-refractivity contribution is 6.00. The summed E-state index contributed by atoms with van der Waals surface area (Å²) in [5.74, 6) is -0.996. The third-order valence-electron chi connectivity index (χ3n) is 2.76. The van der Waals surface area contributed by atoms with E-state index in [2.05, 4.69) is 15.5 Å². The van der Waals surface area contributed by atoms with Crippen LogP contribution in [-0.2, 0) is 0 Å². The largest absolute Gasteiger partial charge is 0.386 e. The van der Waals surface area contributed by atoms with Gasteiger partial charge in [0.1, 0.15) is 5.82 Å². The van der Waals surface area contributed by atoms with Crippen molar-refractivity contribution >= 4 is 11.6 Å². The van der Waals surface area contributed by atoms with Crippen LogP contribution < -0.4 is 11.1 Å². The first kappa shape index (κ1) is 12.9. The molecule has 3 N–H and O–H groups in total. The van der Waals surface area contributed by atoms with Crippen LogP contribution in [0.1, 0.15) is 16.2 Å². The average Bonchev–Trinajstić information content (AvgIpc) is 2.39. The number of hydrogen-bond acceptors (Lipinski definition) is 4. The monoisotopic (exact) mass is 260 g/mol. The van der Waals surface area contributed by atoms with E-state index in [1.54, 1.807) is 26.1 Å².